The van der Waals surface area contributed by atoms with Crippen LogP contribution in [0.2, 0.25) is 0 Å². The zero-order chi connectivity index (χ0) is 16.7. The first-order valence-corrected chi connectivity index (χ1v) is 8.32. The summed E-state index contributed by atoms with van der Waals surface area (Å²) in [4.78, 5) is 19.0. The Bertz CT molecular complexity index is 1050. The number of aromatic carboxylic acids is 1. The van der Waals surface area contributed by atoms with Crippen LogP contribution >= 0.6 is 11.3 Å². The second kappa shape index (κ2) is 5.74. The first-order chi connectivity index (χ1) is 11.7. The molecule has 0 atom stereocenters. The largest absolute Gasteiger partial charge is 0.477 e. The van der Waals surface area contributed by atoms with Crippen LogP contribution in [0.5, 0.6) is 0 Å². The van der Waals surface area contributed by atoms with Crippen molar-refractivity contribution in [2.75, 3.05) is 7.11 Å². The van der Waals surface area contributed by atoms with E-state index in [9.17, 15) is 9.90 Å². The van der Waals surface area contributed by atoms with Gasteiger partial charge in [-0.05, 0) is 34.0 Å². The van der Waals surface area contributed by atoms with Crippen molar-refractivity contribution in [1.82, 2.24) is 9.97 Å². The van der Waals surface area contributed by atoms with Gasteiger partial charge in [0.05, 0.1) is 18.3 Å². The normalized spacial score (nSPS) is 11.4. The van der Waals surface area contributed by atoms with E-state index in [2.05, 4.69) is 27.5 Å². The SMILES string of the molecule is COCc1c(C(=O)O)ncc2[nH]c3cccc(-c4ccsc4)c3c12. The van der Waals surface area contributed by atoms with E-state index in [4.69, 9.17) is 4.74 Å². The average molecular weight is 338 g/mol. The van der Waals surface area contributed by atoms with Crippen molar-refractivity contribution in [2.45, 2.75) is 6.61 Å². The highest BCUT2D eigenvalue weighted by atomic mass is 32.1. The zero-order valence-electron chi connectivity index (χ0n) is 12.9. The lowest BCUT2D eigenvalue weighted by molar-refractivity contribution is 0.0685. The summed E-state index contributed by atoms with van der Waals surface area (Å²) < 4.78 is 5.26. The molecule has 0 amide bonds. The van der Waals surface area contributed by atoms with Gasteiger partial charge in [-0.2, -0.15) is 11.3 Å². The summed E-state index contributed by atoms with van der Waals surface area (Å²) in [6.07, 6.45) is 1.58. The fourth-order valence-electron chi connectivity index (χ4n) is 3.13. The number of methoxy groups -OCH3 is 1. The van der Waals surface area contributed by atoms with Crippen molar-refractivity contribution >= 4 is 39.1 Å². The molecule has 3 aromatic heterocycles. The Kier molecular flexibility index (Phi) is 3.55. The molecule has 3 heterocycles. The van der Waals surface area contributed by atoms with E-state index in [1.165, 1.54) is 0 Å². The zero-order valence-corrected chi connectivity index (χ0v) is 13.7. The van der Waals surface area contributed by atoms with Gasteiger partial charge in [0, 0.05) is 29.0 Å². The van der Waals surface area contributed by atoms with Crippen molar-refractivity contribution in [3.8, 4) is 11.1 Å². The minimum absolute atomic E-state index is 0.0328. The Labute approximate surface area is 141 Å². The number of nitrogens with one attached hydrogen (secondary N) is 1. The number of ether oxygens (including phenoxy) is 1. The molecule has 120 valence electrons. The first-order valence-electron chi connectivity index (χ1n) is 7.37. The van der Waals surface area contributed by atoms with E-state index >= 15 is 0 Å². The van der Waals surface area contributed by atoms with E-state index in [0.717, 1.165) is 32.9 Å². The predicted octanol–water partition coefficient (Wildman–Crippen LogP) is 4.29. The molecule has 0 bridgehead atoms. The number of carboxylic acids is 1. The van der Waals surface area contributed by atoms with Crippen LogP contribution in [0.25, 0.3) is 32.9 Å². The number of benzene rings is 1. The van der Waals surface area contributed by atoms with E-state index in [-0.39, 0.29) is 12.3 Å². The van der Waals surface area contributed by atoms with Gasteiger partial charge in [-0.1, -0.05) is 12.1 Å². The van der Waals surface area contributed by atoms with E-state index in [1.807, 2.05) is 17.5 Å². The van der Waals surface area contributed by atoms with Gasteiger partial charge in [-0.3, -0.25) is 0 Å². The summed E-state index contributed by atoms with van der Waals surface area (Å²) in [5.74, 6) is -1.05. The molecule has 0 aliphatic carbocycles. The Morgan fingerprint density at radius 1 is 1.29 bits per heavy atom. The first kappa shape index (κ1) is 14.9. The molecule has 5 nitrogen and oxygen atoms in total. The number of aromatic amines is 1. The van der Waals surface area contributed by atoms with Crippen LogP contribution in [-0.2, 0) is 11.3 Å². The molecule has 0 saturated carbocycles. The van der Waals surface area contributed by atoms with Crippen LogP contribution in [-0.4, -0.2) is 28.2 Å². The van der Waals surface area contributed by atoms with Crippen molar-refractivity contribution in [3.63, 3.8) is 0 Å². The summed E-state index contributed by atoms with van der Waals surface area (Å²) in [6.45, 7) is 0.191. The lowest BCUT2D eigenvalue weighted by Crippen LogP contribution is -2.07. The fourth-order valence-corrected chi connectivity index (χ4v) is 3.79. The molecule has 2 N–H and O–H groups in total. The summed E-state index contributed by atoms with van der Waals surface area (Å²) in [6, 6.07) is 8.09. The van der Waals surface area contributed by atoms with Crippen molar-refractivity contribution in [2.24, 2.45) is 0 Å². The fraction of sp³-hybridized carbons (Fsp3) is 0.111. The average Bonchev–Trinajstić information content (AvgIpc) is 3.22. The van der Waals surface area contributed by atoms with E-state index in [0.29, 0.717) is 5.56 Å². The van der Waals surface area contributed by atoms with Gasteiger partial charge in [0.25, 0.3) is 0 Å². The maximum Gasteiger partial charge on any atom is 0.354 e. The van der Waals surface area contributed by atoms with Crippen LogP contribution in [0.3, 0.4) is 0 Å². The van der Waals surface area contributed by atoms with E-state index in [1.54, 1.807) is 24.6 Å². The molecule has 0 unspecified atom stereocenters. The molecule has 0 aliphatic heterocycles. The number of carboxylic acid groups (broad SMARTS) is 1. The third kappa shape index (κ3) is 2.19. The number of aromatic nitrogens is 2. The summed E-state index contributed by atoms with van der Waals surface area (Å²) >= 11 is 1.63. The van der Waals surface area contributed by atoms with Crippen LogP contribution in [0.15, 0.2) is 41.2 Å². The third-order valence-electron chi connectivity index (χ3n) is 4.09. The second-order valence-corrected chi connectivity index (χ2v) is 6.26. The lowest BCUT2D eigenvalue weighted by atomic mass is 9.99. The molecule has 0 spiro atoms. The number of rotatable bonds is 4. The number of thiophene rings is 1. The van der Waals surface area contributed by atoms with Crippen LogP contribution in [0.1, 0.15) is 16.1 Å². The smallest absolute Gasteiger partial charge is 0.354 e. The number of hydrogen-bond acceptors (Lipinski definition) is 4. The molecule has 0 radical (unpaired) electrons. The lowest BCUT2D eigenvalue weighted by Gasteiger charge is -2.08. The number of nitrogens with zero attached hydrogens (tertiary/aromatic N) is 1. The topological polar surface area (TPSA) is 75.2 Å². The molecular formula is C18H14N2O3S. The van der Waals surface area contributed by atoms with Gasteiger partial charge in [0.15, 0.2) is 5.69 Å². The van der Waals surface area contributed by atoms with Gasteiger partial charge in [0.2, 0.25) is 0 Å². The van der Waals surface area contributed by atoms with Crippen molar-refractivity contribution < 1.29 is 14.6 Å². The summed E-state index contributed by atoms with van der Waals surface area (Å²) in [7, 11) is 1.55. The minimum atomic E-state index is -1.05. The van der Waals surface area contributed by atoms with Gasteiger partial charge >= 0.3 is 5.97 Å². The van der Waals surface area contributed by atoms with Crippen LogP contribution in [0, 0.1) is 0 Å². The van der Waals surface area contributed by atoms with Gasteiger partial charge in [-0.25, -0.2) is 9.78 Å². The Morgan fingerprint density at radius 2 is 2.17 bits per heavy atom. The van der Waals surface area contributed by atoms with Gasteiger partial charge in [-0.15, -0.1) is 0 Å². The number of hydrogen-bond donors (Lipinski definition) is 2. The number of pyridine rings is 1. The van der Waals surface area contributed by atoms with Crippen molar-refractivity contribution in [3.05, 3.63) is 52.5 Å². The quantitative estimate of drug-likeness (QED) is 0.582. The Morgan fingerprint density at radius 3 is 2.88 bits per heavy atom. The second-order valence-electron chi connectivity index (χ2n) is 5.48. The summed E-state index contributed by atoms with van der Waals surface area (Å²) in [5.41, 5.74) is 4.57. The van der Waals surface area contributed by atoms with Gasteiger partial charge in [0.1, 0.15) is 0 Å². The molecule has 4 rings (SSSR count). The van der Waals surface area contributed by atoms with Gasteiger partial charge < -0.3 is 14.8 Å². The summed E-state index contributed by atoms with van der Waals surface area (Å²) in [5, 5.41) is 15.5. The monoisotopic (exact) mass is 338 g/mol. The highest BCUT2D eigenvalue weighted by Crippen LogP contribution is 2.37. The van der Waals surface area contributed by atoms with Crippen LogP contribution in [0.4, 0.5) is 0 Å². The molecule has 4 aromatic rings. The number of fused-ring (bicyclic) bond motifs is 3. The predicted molar refractivity (Wildman–Crippen MR) is 94.6 cm³/mol. The maximum absolute atomic E-state index is 11.6. The molecule has 6 heteroatoms. The number of carbonyl (C=O) groups is 1. The maximum atomic E-state index is 11.6. The molecule has 0 aliphatic rings. The molecule has 0 saturated heterocycles. The highest BCUT2D eigenvalue weighted by Gasteiger charge is 2.20. The van der Waals surface area contributed by atoms with Crippen LogP contribution < -0.4 is 0 Å². The number of H-pyrrole nitrogens is 1. The highest BCUT2D eigenvalue weighted by molar-refractivity contribution is 7.08. The van der Waals surface area contributed by atoms with E-state index < -0.39 is 5.97 Å². The standard InChI is InChI=1S/C18H14N2O3S/c1-23-8-12-16-14(7-19-17(12)18(21)22)20-13-4-2-3-11(15(13)16)10-5-6-24-9-10/h2-7,9,20H,8H2,1H3,(H,21,22). The molecule has 1 aromatic carbocycles. The molecule has 24 heavy (non-hydrogen) atoms. The Hall–Kier alpha value is -2.70. The van der Waals surface area contributed by atoms with Crippen molar-refractivity contribution in [1.29, 1.82) is 0 Å². The Balaban J connectivity index is 2.17. The third-order valence-corrected chi connectivity index (χ3v) is 4.77. The minimum Gasteiger partial charge on any atom is -0.477 e. The molecular weight excluding hydrogens is 324 g/mol. The molecule has 0 fully saturated rings.